The summed E-state index contributed by atoms with van der Waals surface area (Å²) in [7, 11) is 0. The monoisotopic (exact) mass is 172 g/mol. The van der Waals surface area contributed by atoms with Crippen LogP contribution in [-0.4, -0.2) is 25.7 Å². The zero-order chi connectivity index (χ0) is 9.40. The lowest BCUT2D eigenvalue weighted by Gasteiger charge is -2.20. The van der Waals surface area contributed by atoms with Gasteiger partial charge < -0.3 is 10.1 Å². The average molecular weight is 172 g/mol. The standard InChI is InChI=1S/C9H18NO2/c1-4-12-9(11)5-6-10-7-8(2)3/h8H,4-7H2,1-3H3/q-1. The largest absolute Gasteiger partial charge is 0.662 e. The first-order chi connectivity index (χ1) is 5.66. The fourth-order valence-corrected chi connectivity index (χ4v) is 0.753. The van der Waals surface area contributed by atoms with Gasteiger partial charge >= 0.3 is 5.97 Å². The molecule has 0 spiro atoms. The van der Waals surface area contributed by atoms with Crippen LogP contribution in [0.3, 0.4) is 0 Å². The maximum absolute atomic E-state index is 10.8. The maximum Gasteiger partial charge on any atom is 0.304 e. The third-order valence-corrected chi connectivity index (χ3v) is 1.27. The van der Waals surface area contributed by atoms with E-state index in [1.165, 1.54) is 0 Å². The topological polar surface area (TPSA) is 40.4 Å². The van der Waals surface area contributed by atoms with Crippen molar-refractivity contribution in [2.24, 2.45) is 5.92 Å². The Balaban J connectivity index is 3.14. The van der Waals surface area contributed by atoms with E-state index in [9.17, 15) is 4.79 Å². The summed E-state index contributed by atoms with van der Waals surface area (Å²) in [5.74, 6) is 0.428. The highest BCUT2D eigenvalue weighted by molar-refractivity contribution is 5.69. The molecule has 0 aliphatic heterocycles. The molecule has 12 heavy (non-hydrogen) atoms. The van der Waals surface area contributed by atoms with Crippen LogP contribution in [0.4, 0.5) is 0 Å². The minimum atomic E-state index is -0.148. The SMILES string of the molecule is CCOC(=O)CC[N-]CC(C)C. The van der Waals surface area contributed by atoms with Crippen LogP contribution in [0.1, 0.15) is 27.2 Å². The Hall–Kier alpha value is -0.570. The van der Waals surface area contributed by atoms with Gasteiger partial charge in [0.2, 0.25) is 0 Å². The molecule has 0 saturated carbocycles. The molecular formula is C9H18NO2-. The van der Waals surface area contributed by atoms with Crippen LogP contribution in [0.5, 0.6) is 0 Å². The van der Waals surface area contributed by atoms with Crippen LogP contribution in [0.2, 0.25) is 0 Å². The first-order valence-electron chi connectivity index (χ1n) is 4.45. The van der Waals surface area contributed by atoms with Gasteiger partial charge in [-0.25, -0.2) is 0 Å². The Morgan fingerprint density at radius 3 is 2.67 bits per heavy atom. The van der Waals surface area contributed by atoms with Crippen LogP contribution in [-0.2, 0) is 9.53 Å². The summed E-state index contributed by atoms with van der Waals surface area (Å²) in [6, 6.07) is 0. The quantitative estimate of drug-likeness (QED) is 0.454. The Kier molecular flexibility index (Phi) is 6.76. The summed E-state index contributed by atoms with van der Waals surface area (Å²) in [4.78, 5) is 10.8. The lowest BCUT2D eigenvalue weighted by molar-refractivity contribution is -0.142. The minimum Gasteiger partial charge on any atom is -0.662 e. The van der Waals surface area contributed by atoms with Crippen LogP contribution in [0.25, 0.3) is 5.32 Å². The lowest BCUT2D eigenvalue weighted by atomic mass is 10.2. The van der Waals surface area contributed by atoms with Crippen molar-refractivity contribution in [2.45, 2.75) is 27.2 Å². The molecule has 3 heteroatoms. The van der Waals surface area contributed by atoms with Crippen LogP contribution >= 0.6 is 0 Å². The number of esters is 1. The van der Waals surface area contributed by atoms with Gasteiger partial charge in [-0.3, -0.25) is 4.79 Å². The number of carbonyl (C=O) groups excluding carboxylic acids is 1. The molecule has 72 valence electrons. The number of rotatable bonds is 6. The van der Waals surface area contributed by atoms with Crippen molar-refractivity contribution in [3.8, 4) is 0 Å². The summed E-state index contributed by atoms with van der Waals surface area (Å²) in [5.41, 5.74) is 0. The summed E-state index contributed by atoms with van der Waals surface area (Å²) in [6.07, 6.45) is 0.417. The highest BCUT2D eigenvalue weighted by Crippen LogP contribution is 2.00. The summed E-state index contributed by atoms with van der Waals surface area (Å²) in [6.45, 7) is 7.91. The molecule has 0 fully saturated rings. The zero-order valence-electron chi connectivity index (χ0n) is 8.17. The van der Waals surface area contributed by atoms with Gasteiger partial charge in [-0.05, 0) is 6.92 Å². The lowest BCUT2D eigenvalue weighted by Crippen LogP contribution is -2.07. The highest BCUT2D eigenvalue weighted by atomic mass is 16.5. The van der Waals surface area contributed by atoms with E-state index in [1.807, 2.05) is 6.92 Å². The molecule has 0 atom stereocenters. The third kappa shape index (κ3) is 7.54. The zero-order valence-corrected chi connectivity index (χ0v) is 8.17. The van der Waals surface area contributed by atoms with Gasteiger partial charge in [0, 0.05) is 6.42 Å². The molecule has 0 aromatic carbocycles. The predicted octanol–water partition coefficient (Wildman–Crippen LogP) is 1.97. The number of carbonyl (C=O) groups is 1. The molecule has 0 aromatic rings. The summed E-state index contributed by atoms with van der Waals surface area (Å²) < 4.78 is 4.75. The number of hydrogen-bond acceptors (Lipinski definition) is 2. The van der Waals surface area contributed by atoms with Crippen LogP contribution in [0, 0.1) is 5.92 Å². The van der Waals surface area contributed by atoms with Crippen molar-refractivity contribution >= 4 is 5.97 Å². The molecule has 0 unspecified atom stereocenters. The van der Waals surface area contributed by atoms with E-state index in [1.54, 1.807) is 0 Å². The van der Waals surface area contributed by atoms with Gasteiger partial charge in [0.1, 0.15) is 0 Å². The van der Waals surface area contributed by atoms with Crippen LogP contribution < -0.4 is 0 Å². The van der Waals surface area contributed by atoms with Gasteiger partial charge in [-0.2, -0.15) is 0 Å². The van der Waals surface area contributed by atoms with Crippen LogP contribution in [0.15, 0.2) is 0 Å². The van der Waals surface area contributed by atoms with Gasteiger partial charge in [0.15, 0.2) is 0 Å². The van der Waals surface area contributed by atoms with Crippen molar-refractivity contribution in [2.75, 3.05) is 19.7 Å². The second kappa shape index (κ2) is 7.10. The molecule has 0 heterocycles. The molecule has 0 aliphatic carbocycles. The summed E-state index contributed by atoms with van der Waals surface area (Å²) >= 11 is 0. The molecule has 3 nitrogen and oxygen atoms in total. The Morgan fingerprint density at radius 1 is 1.50 bits per heavy atom. The first kappa shape index (κ1) is 11.4. The minimum absolute atomic E-state index is 0.148. The van der Waals surface area contributed by atoms with Crippen molar-refractivity contribution < 1.29 is 9.53 Å². The molecule has 0 aliphatic rings. The second-order valence-electron chi connectivity index (χ2n) is 3.08. The second-order valence-corrected chi connectivity index (χ2v) is 3.08. The third-order valence-electron chi connectivity index (χ3n) is 1.27. The number of hydrogen-bond donors (Lipinski definition) is 0. The fourth-order valence-electron chi connectivity index (χ4n) is 0.753. The Morgan fingerprint density at radius 2 is 2.17 bits per heavy atom. The van der Waals surface area contributed by atoms with Crippen molar-refractivity contribution in [3.05, 3.63) is 5.32 Å². The molecular weight excluding hydrogens is 154 g/mol. The molecule has 0 saturated heterocycles. The molecule has 0 N–H and O–H groups in total. The predicted molar refractivity (Wildman–Crippen MR) is 49.2 cm³/mol. The first-order valence-corrected chi connectivity index (χ1v) is 4.45. The molecule has 0 amide bonds. The Labute approximate surface area is 74.5 Å². The van der Waals surface area contributed by atoms with E-state index in [-0.39, 0.29) is 5.97 Å². The van der Waals surface area contributed by atoms with E-state index < -0.39 is 0 Å². The molecule has 0 rings (SSSR count). The van der Waals surface area contributed by atoms with E-state index in [2.05, 4.69) is 19.2 Å². The summed E-state index contributed by atoms with van der Waals surface area (Å²) in [5, 5.41) is 4.19. The van der Waals surface area contributed by atoms with Crippen molar-refractivity contribution in [1.29, 1.82) is 0 Å². The van der Waals surface area contributed by atoms with Gasteiger partial charge in [-0.15, -0.1) is 13.1 Å². The highest BCUT2D eigenvalue weighted by Gasteiger charge is 1.95. The van der Waals surface area contributed by atoms with E-state index in [0.717, 1.165) is 6.54 Å². The van der Waals surface area contributed by atoms with E-state index >= 15 is 0 Å². The smallest absolute Gasteiger partial charge is 0.304 e. The Bertz CT molecular complexity index is 124. The maximum atomic E-state index is 10.8. The fraction of sp³-hybridized carbons (Fsp3) is 0.889. The van der Waals surface area contributed by atoms with E-state index in [0.29, 0.717) is 25.5 Å². The number of ether oxygens (including phenoxy) is 1. The van der Waals surface area contributed by atoms with Gasteiger partial charge in [0.25, 0.3) is 0 Å². The normalized spacial score (nSPS) is 10.3. The van der Waals surface area contributed by atoms with Crippen molar-refractivity contribution in [3.63, 3.8) is 0 Å². The van der Waals surface area contributed by atoms with E-state index in [4.69, 9.17) is 4.74 Å². The average Bonchev–Trinajstić information content (AvgIpc) is 1.98. The van der Waals surface area contributed by atoms with Crippen molar-refractivity contribution in [1.82, 2.24) is 0 Å². The number of nitrogens with zero attached hydrogens (tertiary/aromatic N) is 1. The molecule has 0 radical (unpaired) electrons. The molecule has 0 aromatic heterocycles. The van der Waals surface area contributed by atoms with Gasteiger partial charge in [0.05, 0.1) is 6.61 Å². The van der Waals surface area contributed by atoms with Gasteiger partial charge in [-0.1, -0.05) is 19.8 Å². The molecule has 0 bridgehead atoms.